The second-order valence-corrected chi connectivity index (χ2v) is 7.04. The van der Waals surface area contributed by atoms with E-state index in [9.17, 15) is 4.79 Å². The number of amides is 1. The fraction of sp³-hybridized carbons (Fsp3) is 0.500. The summed E-state index contributed by atoms with van der Waals surface area (Å²) in [6.45, 7) is 8.00. The molecule has 3 rings (SSSR count). The van der Waals surface area contributed by atoms with E-state index in [0.29, 0.717) is 11.8 Å². The highest BCUT2D eigenvalue weighted by Crippen LogP contribution is 2.30. The molecule has 1 N–H and O–H groups in total. The third-order valence-corrected chi connectivity index (χ3v) is 5.42. The van der Waals surface area contributed by atoms with Crippen molar-refractivity contribution in [2.45, 2.75) is 39.0 Å². The summed E-state index contributed by atoms with van der Waals surface area (Å²) in [4.78, 5) is 15.8. The first-order valence-electron chi connectivity index (χ1n) is 7.44. The summed E-state index contributed by atoms with van der Waals surface area (Å²) in [6, 6.07) is 2.05. The summed E-state index contributed by atoms with van der Waals surface area (Å²) in [5, 5.41) is 9.16. The Hall–Kier alpha value is -1.62. The summed E-state index contributed by atoms with van der Waals surface area (Å²) in [5.41, 5.74) is 3.20. The topological polar surface area (TPSA) is 49.0 Å². The maximum atomic E-state index is 12.6. The molecule has 0 aromatic carbocycles. The third-order valence-electron chi connectivity index (χ3n) is 4.19. The maximum absolute atomic E-state index is 12.6. The molecule has 3 heterocycles. The van der Waals surface area contributed by atoms with Gasteiger partial charge in [-0.25, -0.2) is 0 Å². The predicted octanol–water partition coefficient (Wildman–Crippen LogP) is 3.53. The number of nitrogens with zero attached hydrogens (tertiary/aromatic N) is 2. The molecule has 0 unspecified atom stereocenters. The smallest absolute Gasteiger partial charge is 0.254 e. The zero-order valence-electron chi connectivity index (χ0n) is 12.7. The highest BCUT2D eigenvalue weighted by Gasteiger charge is 2.30. The lowest BCUT2D eigenvalue weighted by Crippen LogP contribution is -2.28. The Kier molecular flexibility index (Phi) is 3.85. The average molecular weight is 303 g/mol. The van der Waals surface area contributed by atoms with Crippen molar-refractivity contribution in [3.05, 3.63) is 39.3 Å². The lowest BCUT2D eigenvalue weighted by molar-refractivity contribution is 0.0791. The quantitative estimate of drug-likeness (QED) is 0.943. The van der Waals surface area contributed by atoms with E-state index in [-0.39, 0.29) is 5.91 Å². The second-order valence-electron chi connectivity index (χ2n) is 6.10. The van der Waals surface area contributed by atoms with Crippen LogP contribution in [-0.4, -0.2) is 34.1 Å². The summed E-state index contributed by atoms with van der Waals surface area (Å²) < 4.78 is 0. The summed E-state index contributed by atoms with van der Waals surface area (Å²) in [7, 11) is 0. The van der Waals surface area contributed by atoms with Gasteiger partial charge in [-0.15, -0.1) is 11.3 Å². The van der Waals surface area contributed by atoms with Gasteiger partial charge in [-0.2, -0.15) is 5.10 Å². The second kappa shape index (κ2) is 5.64. The van der Waals surface area contributed by atoms with Gasteiger partial charge in [-0.3, -0.25) is 9.89 Å². The number of aromatic amines is 1. The van der Waals surface area contributed by atoms with E-state index in [0.717, 1.165) is 25.1 Å². The van der Waals surface area contributed by atoms with E-state index in [2.05, 4.69) is 31.0 Å². The Bertz CT molecular complexity index is 643. The van der Waals surface area contributed by atoms with Crippen LogP contribution in [0.3, 0.4) is 0 Å². The Labute approximate surface area is 129 Å². The molecular formula is C16H21N3OS. The first-order chi connectivity index (χ1) is 10.1. The van der Waals surface area contributed by atoms with Crippen LogP contribution in [0.4, 0.5) is 0 Å². The predicted molar refractivity (Wildman–Crippen MR) is 85.0 cm³/mol. The molecule has 0 bridgehead atoms. The third kappa shape index (κ3) is 2.75. The van der Waals surface area contributed by atoms with Crippen molar-refractivity contribution in [3.63, 3.8) is 0 Å². The van der Waals surface area contributed by atoms with E-state index in [4.69, 9.17) is 0 Å². The van der Waals surface area contributed by atoms with E-state index in [1.54, 1.807) is 11.3 Å². The van der Waals surface area contributed by atoms with Crippen LogP contribution in [0.5, 0.6) is 0 Å². The van der Waals surface area contributed by atoms with Crippen LogP contribution in [-0.2, 0) is 0 Å². The van der Waals surface area contributed by atoms with Crippen LogP contribution in [0.1, 0.15) is 58.6 Å². The van der Waals surface area contributed by atoms with Gasteiger partial charge in [-0.05, 0) is 30.9 Å². The normalized spacial score (nSPS) is 18.7. The van der Waals surface area contributed by atoms with Crippen molar-refractivity contribution in [2.24, 2.45) is 0 Å². The molecule has 0 radical (unpaired) electrons. The number of rotatable bonds is 3. The zero-order chi connectivity index (χ0) is 15.0. The van der Waals surface area contributed by atoms with Gasteiger partial charge in [0.25, 0.3) is 5.91 Å². The summed E-state index contributed by atoms with van der Waals surface area (Å²) in [5.74, 6) is 1.04. The van der Waals surface area contributed by atoms with Gasteiger partial charge in [0.05, 0.1) is 11.8 Å². The van der Waals surface area contributed by atoms with Crippen LogP contribution in [0, 0.1) is 6.92 Å². The minimum atomic E-state index is 0.165. The number of aryl methyl sites for hydroxylation is 1. The van der Waals surface area contributed by atoms with Gasteiger partial charge in [0.1, 0.15) is 0 Å². The SMILES string of the molecule is Cc1cn[nH]c1[C@H]1CCN(C(=O)c2csc(C(C)C)c2)C1. The van der Waals surface area contributed by atoms with Gasteiger partial charge < -0.3 is 4.90 Å². The number of H-pyrrole nitrogens is 1. The number of likely N-dealkylation sites (tertiary alicyclic amines) is 1. The molecule has 1 saturated heterocycles. The maximum Gasteiger partial charge on any atom is 0.254 e. The molecule has 21 heavy (non-hydrogen) atoms. The number of carbonyl (C=O) groups excluding carboxylic acids is 1. The lowest BCUT2D eigenvalue weighted by atomic mass is 10.0. The van der Waals surface area contributed by atoms with Crippen molar-refractivity contribution in [1.29, 1.82) is 0 Å². The van der Waals surface area contributed by atoms with E-state index >= 15 is 0 Å². The molecule has 5 heteroatoms. The molecule has 0 saturated carbocycles. The Morgan fingerprint density at radius 3 is 2.95 bits per heavy atom. The molecule has 1 aliphatic heterocycles. The molecule has 112 valence electrons. The number of aromatic nitrogens is 2. The number of hydrogen-bond donors (Lipinski definition) is 1. The Morgan fingerprint density at radius 2 is 2.33 bits per heavy atom. The molecule has 2 aromatic heterocycles. The zero-order valence-corrected chi connectivity index (χ0v) is 13.5. The van der Waals surface area contributed by atoms with Crippen molar-refractivity contribution in [3.8, 4) is 0 Å². The largest absolute Gasteiger partial charge is 0.338 e. The van der Waals surface area contributed by atoms with E-state index in [1.165, 1.54) is 16.1 Å². The van der Waals surface area contributed by atoms with E-state index in [1.807, 2.05) is 22.5 Å². The van der Waals surface area contributed by atoms with Gasteiger partial charge in [0, 0.05) is 35.0 Å². The van der Waals surface area contributed by atoms with E-state index < -0.39 is 0 Å². The minimum absolute atomic E-state index is 0.165. The minimum Gasteiger partial charge on any atom is -0.338 e. The fourth-order valence-electron chi connectivity index (χ4n) is 2.90. The number of thiophene rings is 1. The standard InChI is InChI=1S/C16H21N3OS/c1-10(2)14-6-13(9-21-14)16(20)19-5-4-12(8-19)15-11(3)7-17-18-15/h6-7,9-10,12H,4-5,8H2,1-3H3,(H,17,18)/t12-/m0/s1. The van der Waals surface area contributed by atoms with Crippen LogP contribution >= 0.6 is 11.3 Å². The number of carbonyl (C=O) groups is 1. The van der Waals surface area contributed by atoms with Crippen molar-refractivity contribution >= 4 is 17.2 Å². The van der Waals surface area contributed by atoms with Crippen molar-refractivity contribution in [2.75, 3.05) is 13.1 Å². The molecule has 1 atom stereocenters. The molecule has 1 aliphatic rings. The fourth-order valence-corrected chi connectivity index (χ4v) is 3.80. The van der Waals surface area contributed by atoms with Gasteiger partial charge >= 0.3 is 0 Å². The molecule has 4 nitrogen and oxygen atoms in total. The number of hydrogen-bond acceptors (Lipinski definition) is 3. The molecule has 1 amide bonds. The first-order valence-corrected chi connectivity index (χ1v) is 8.31. The van der Waals surface area contributed by atoms with Gasteiger partial charge in [0.15, 0.2) is 0 Å². The van der Waals surface area contributed by atoms with Crippen LogP contribution < -0.4 is 0 Å². The van der Waals surface area contributed by atoms with Crippen LogP contribution in [0.25, 0.3) is 0 Å². The van der Waals surface area contributed by atoms with Crippen LogP contribution in [0.15, 0.2) is 17.6 Å². The molecule has 1 fully saturated rings. The molecule has 0 aliphatic carbocycles. The summed E-state index contributed by atoms with van der Waals surface area (Å²) >= 11 is 1.68. The first kappa shape index (κ1) is 14.3. The highest BCUT2D eigenvalue weighted by molar-refractivity contribution is 7.10. The van der Waals surface area contributed by atoms with Crippen molar-refractivity contribution < 1.29 is 4.79 Å². The Morgan fingerprint density at radius 1 is 1.52 bits per heavy atom. The number of nitrogens with one attached hydrogen (secondary N) is 1. The van der Waals surface area contributed by atoms with Crippen molar-refractivity contribution in [1.82, 2.24) is 15.1 Å². The summed E-state index contributed by atoms with van der Waals surface area (Å²) in [6.07, 6.45) is 2.86. The Balaban J connectivity index is 1.70. The van der Waals surface area contributed by atoms with Gasteiger partial charge in [-0.1, -0.05) is 13.8 Å². The highest BCUT2D eigenvalue weighted by atomic mass is 32.1. The lowest BCUT2D eigenvalue weighted by Gasteiger charge is -2.15. The molecule has 2 aromatic rings. The average Bonchev–Trinajstić information content (AvgIpc) is 3.17. The monoisotopic (exact) mass is 303 g/mol. The van der Waals surface area contributed by atoms with Crippen LogP contribution in [0.2, 0.25) is 0 Å². The molecular weight excluding hydrogens is 282 g/mol. The van der Waals surface area contributed by atoms with Gasteiger partial charge in [0.2, 0.25) is 0 Å². The molecule has 0 spiro atoms.